The summed E-state index contributed by atoms with van der Waals surface area (Å²) in [5.74, 6) is -0.517. The predicted octanol–water partition coefficient (Wildman–Crippen LogP) is 1.01. The van der Waals surface area contributed by atoms with Crippen molar-refractivity contribution in [2.75, 3.05) is 25.0 Å². The number of nitrogens with one attached hydrogen (secondary N) is 2. The highest BCUT2D eigenvalue weighted by molar-refractivity contribution is 6.33. The lowest BCUT2D eigenvalue weighted by molar-refractivity contribution is -0.384. The second kappa shape index (κ2) is 6.71. The highest BCUT2D eigenvalue weighted by Crippen LogP contribution is 2.27. The maximum absolute atomic E-state index is 12.2. The molecule has 1 heterocycles. The van der Waals surface area contributed by atoms with Crippen molar-refractivity contribution >= 4 is 34.8 Å². The van der Waals surface area contributed by atoms with E-state index >= 15 is 0 Å². The predicted molar refractivity (Wildman–Crippen MR) is 80.8 cm³/mol. The minimum atomic E-state index is -0.565. The molecule has 1 fully saturated rings. The van der Waals surface area contributed by atoms with Crippen LogP contribution in [-0.4, -0.2) is 47.3 Å². The summed E-state index contributed by atoms with van der Waals surface area (Å²) >= 11 is 5.94. The number of benzene rings is 1. The van der Waals surface area contributed by atoms with Gasteiger partial charge in [-0.2, -0.15) is 0 Å². The van der Waals surface area contributed by atoms with E-state index in [0.717, 1.165) is 0 Å². The van der Waals surface area contributed by atoms with Crippen LogP contribution in [0.25, 0.3) is 0 Å². The van der Waals surface area contributed by atoms with E-state index in [4.69, 9.17) is 11.6 Å². The zero-order valence-corrected chi connectivity index (χ0v) is 12.6. The Hall–Kier alpha value is -2.19. The molecule has 1 saturated heterocycles. The molecule has 0 unspecified atom stereocenters. The normalized spacial score (nSPS) is 16.7. The molecule has 22 heavy (non-hydrogen) atoms. The van der Waals surface area contributed by atoms with Gasteiger partial charge in [-0.3, -0.25) is 24.6 Å². The van der Waals surface area contributed by atoms with Gasteiger partial charge in [-0.25, -0.2) is 0 Å². The number of non-ortho nitro benzene ring substituents is 1. The van der Waals surface area contributed by atoms with Crippen LogP contribution in [-0.2, 0) is 9.59 Å². The second-order valence-electron chi connectivity index (χ2n) is 4.91. The molecule has 0 aromatic heterocycles. The lowest BCUT2D eigenvalue weighted by atomic mass is 10.2. The number of carbonyl (C=O) groups excluding carboxylic acids is 2. The first-order valence-electron chi connectivity index (χ1n) is 6.64. The number of nitro benzene ring substituents is 1. The maximum Gasteiger partial charge on any atom is 0.271 e. The van der Waals surface area contributed by atoms with Crippen molar-refractivity contribution in [3.05, 3.63) is 33.3 Å². The van der Waals surface area contributed by atoms with Crippen LogP contribution in [0.3, 0.4) is 0 Å². The van der Waals surface area contributed by atoms with Crippen molar-refractivity contribution in [3.63, 3.8) is 0 Å². The van der Waals surface area contributed by atoms with Gasteiger partial charge in [0.05, 0.1) is 28.2 Å². The number of amides is 2. The Kier molecular flexibility index (Phi) is 4.94. The lowest BCUT2D eigenvalue weighted by Crippen LogP contribution is -2.53. The second-order valence-corrected chi connectivity index (χ2v) is 5.31. The zero-order chi connectivity index (χ0) is 16.3. The van der Waals surface area contributed by atoms with E-state index in [0.29, 0.717) is 13.1 Å². The van der Waals surface area contributed by atoms with Crippen LogP contribution in [0.5, 0.6) is 0 Å². The van der Waals surface area contributed by atoms with Crippen molar-refractivity contribution in [2.24, 2.45) is 0 Å². The Bertz CT molecular complexity index is 622. The summed E-state index contributed by atoms with van der Waals surface area (Å²) in [6.07, 6.45) is 0. The lowest BCUT2D eigenvalue weighted by Gasteiger charge is -2.31. The van der Waals surface area contributed by atoms with Crippen LogP contribution in [0.15, 0.2) is 18.2 Å². The fourth-order valence-electron chi connectivity index (χ4n) is 2.11. The molecule has 2 amide bonds. The molecular formula is C13H15ClN4O4. The molecule has 2 rings (SSSR count). The molecule has 1 atom stereocenters. The van der Waals surface area contributed by atoms with Crippen LogP contribution in [0, 0.1) is 10.1 Å². The van der Waals surface area contributed by atoms with E-state index in [9.17, 15) is 19.7 Å². The number of piperazine rings is 1. The maximum atomic E-state index is 12.2. The minimum absolute atomic E-state index is 0.136. The molecule has 1 aliphatic rings. The number of nitro groups is 1. The number of nitrogens with zero attached hydrogens (tertiary/aromatic N) is 2. The summed E-state index contributed by atoms with van der Waals surface area (Å²) in [4.78, 5) is 35.5. The molecule has 9 heteroatoms. The molecule has 0 bridgehead atoms. The molecule has 1 aliphatic heterocycles. The van der Waals surface area contributed by atoms with Crippen molar-refractivity contribution in [1.82, 2.24) is 10.2 Å². The van der Waals surface area contributed by atoms with E-state index in [2.05, 4.69) is 10.6 Å². The van der Waals surface area contributed by atoms with Crippen molar-refractivity contribution < 1.29 is 14.5 Å². The molecule has 0 saturated carbocycles. The van der Waals surface area contributed by atoms with Crippen LogP contribution in [0.2, 0.25) is 5.02 Å². The van der Waals surface area contributed by atoms with Gasteiger partial charge in [0.1, 0.15) is 0 Å². The molecule has 1 aromatic rings. The summed E-state index contributed by atoms with van der Waals surface area (Å²) in [5, 5.41) is 16.2. The third-order valence-corrected chi connectivity index (χ3v) is 3.74. The first-order chi connectivity index (χ1) is 10.4. The number of hydrogen-bond acceptors (Lipinski definition) is 5. The number of carbonyl (C=O) groups is 2. The van der Waals surface area contributed by atoms with Crippen LogP contribution < -0.4 is 10.6 Å². The van der Waals surface area contributed by atoms with Crippen LogP contribution >= 0.6 is 11.6 Å². The van der Waals surface area contributed by atoms with Crippen molar-refractivity contribution in [1.29, 1.82) is 0 Å². The molecule has 8 nitrogen and oxygen atoms in total. The Morgan fingerprint density at radius 1 is 1.55 bits per heavy atom. The van der Waals surface area contributed by atoms with Gasteiger partial charge in [0.25, 0.3) is 5.69 Å². The molecule has 0 aliphatic carbocycles. The first-order valence-corrected chi connectivity index (χ1v) is 7.02. The summed E-state index contributed by atoms with van der Waals surface area (Å²) < 4.78 is 0. The van der Waals surface area contributed by atoms with Gasteiger partial charge in [-0.15, -0.1) is 0 Å². The third-order valence-electron chi connectivity index (χ3n) is 3.41. The van der Waals surface area contributed by atoms with Gasteiger partial charge in [-0.1, -0.05) is 11.6 Å². The largest absolute Gasteiger partial charge is 0.354 e. The molecule has 0 radical (unpaired) electrons. The number of anilines is 1. The van der Waals surface area contributed by atoms with Gasteiger partial charge >= 0.3 is 0 Å². The van der Waals surface area contributed by atoms with Crippen molar-refractivity contribution in [3.8, 4) is 0 Å². The van der Waals surface area contributed by atoms with Gasteiger partial charge in [0, 0.05) is 25.2 Å². The van der Waals surface area contributed by atoms with E-state index in [-0.39, 0.29) is 34.8 Å². The van der Waals surface area contributed by atoms with Gasteiger partial charge in [0.15, 0.2) is 0 Å². The highest BCUT2D eigenvalue weighted by Gasteiger charge is 2.26. The Morgan fingerprint density at radius 2 is 2.27 bits per heavy atom. The Labute approximate surface area is 131 Å². The summed E-state index contributed by atoms with van der Waals surface area (Å²) in [7, 11) is 0. The summed E-state index contributed by atoms with van der Waals surface area (Å²) in [5.41, 5.74) is 0.0129. The average Bonchev–Trinajstić information content (AvgIpc) is 2.48. The smallest absolute Gasteiger partial charge is 0.271 e. The molecule has 2 N–H and O–H groups in total. The van der Waals surface area contributed by atoms with E-state index in [1.807, 2.05) is 0 Å². The van der Waals surface area contributed by atoms with Crippen LogP contribution in [0.4, 0.5) is 11.4 Å². The highest BCUT2D eigenvalue weighted by atomic mass is 35.5. The fraction of sp³-hybridized carbons (Fsp3) is 0.385. The Morgan fingerprint density at radius 3 is 2.91 bits per heavy atom. The van der Waals surface area contributed by atoms with E-state index in [1.54, 1.807) is 11.8 Å². The molecule has 1 aromatic carbocycles. The summed E-state index contributed by atoms with van der Waals surface area (Å²) in [6, 6.07) is 3.27. The SMILES string of the molecule is C[C@H](C(=O)Nc1cc([N+](=O)[O-])ccc1Cl)N1CCNC(=O)C1. The Balaban J connectivity index is 2.09. The van der Waals surface area contributed by atoms with Crippen LogP contribution in [0.1, 0.15) is 6.92 Å². The monoisotopic (exact) mass is 326 g/mol. The standard InChI is InChI=1S/C13H15ClN4O4/c1-8(17-5-4-15-12(19)7-17)13(20)16-11-6-9(18(21)22)2-3-10(11)14/h2-3,6,8H,4-5,7H2,1H3,(H,15,19)(H,16,20)/t8-/m1/s1. The molecular weight excluding hydrogens is 312 g/mol. The quantitative estimate of drug-likeness (QED) is 0.634. The van der Waals surface area contributed by atoms with E-state index < -0.39 is 11.0 Å². The zero-order valence-electron chi connectivity index (χ0n) is 11.8. The number of halogens is 1. The fourth-order valence-corrected chi connectivity index (χ4v) is 2.28. The number of hydrogen-bond donors (Lipinski definition) is 2. The van der Waals surface area contributed by atoms with Gasteiger partial charge in [-0.05, 0) is 13.0 Å². The first kappa shape index (κ1) is 16.2. The third kappa shape index (κ3) is 3.71. The summed E-state index contributed by atoms with van der Waals surface area (Å²) in [6.45, 7) is 2.84. The molecule has 118 valence electrons. The number of rotatable bonds is 4. The van der Waals surface area contributed by atoms with Crippen molar-refractivity contribution in [2.45, 2.75) is 13.0 Å². The van der Waals surface area contributed by atoms with Gasteiger partial charge < -0.3 is 10.6 Å². The minimum Gasteiger partial charge on any atom is -0.354 e. The average molecular weight is 327 g/mol. The van der Waals surface area contributed by atoms with Gasteiger partial charge in [0.2, 0.25) is 11.8 Å². The molecule has 0 spiro atoms. The van der Waals surface area contributed by atoms with E-state index in [1.165, 1.54) is 18.2 Å². The topological polar surface area (TPSA) is 105 Å².